The molecule has 2 heteroatoms. The molecule has 11 heavy (non-hydrogen) atoms. The Bertz CT molecular complexity index is 190. The van der Waals surface area contributed by atoms with Gasteiger partial charge in [0.15, 0.2) is 0 Å². The maximum absolute atomic E-state index is 12.3. The van der Waals surface area contributed by atoms with Gasteiger partial charge in [0.25, 0.3) is 0 Å². The van der Waals surface area contributed by atoms with Crippen LogP contribution in [0.4, 0.5) is 8.78 Å². The van der Waals surface area contributed by atoms with Gasteiger partial charge in [-0.3, -0.25) is 0 Å². The van der Waals surface area contributed by atoms with Gasteiger partial charge in [0.2, 0.25) is 6.43 Å². The Kier molecular flexibility index (Phi) is 2.12. The van der Waals surface area contributed by atoms with Gasteiger partial charge in [0.1, 0.15) is 0 Å². The van der Waals surface area contributed by atoms with E-state index in [0.717, 1.165) is 0 Å². The summed E-state index contributed by atoms with van der Waals surface area (Å²) in [5.41, 5.74) is -0.400. The van der Waals surface area contributed by atoms with Crippen molar-refractivity contribution in [3.63, 3.8) is 0 Å². The molecule has 0 spiro atoms. The molecule has 1 atom stereocenters. The average Bonchev–Trinajstić information content (AvgIpc) is 1.85. The maximum Gasteiger partial charge on any atom is 0.245 e. The van der Waals surface area contributed by atoms with E-state index < -0.39 is 17.8 Å². The van der Waals surface area contributed by atoms with E-state index >= 15 is 0 Å². The summed E-state index contributed by atoms with van der Waals surface area (Å²) >= 11 is 0. The average molecular weight is 158 g/mol. The molecule has 0 amide bonds. The van der Waals surface area contributed by atoms with Gasteiger partial charge in [0, 0.05) is 5.92 Å². The van der Waals surface area contributed by atoms with E-state index in [1.54, 1.807) is 12.2 Å². The minimum Gasteiger partial charge on any atom is -0.210 e. The van der Waals surface area contributed by atoms with E-state index in [2.05, 4.69) is 0 Å². The zero-order chi connectivity index (χ0) is 8.48. The SMILES string of the molecule is CC1(C)C=CC=CC1C(F)F. The van der Waals surface area contributed by atoms with Crippen LogP contribution in [-0.4, -0.2) is 6.43 Å². The topological polar surface area (TPSA) is 0 Å². The van der Waals surface area contributed by atoms with Crippen molar-refractivity contribution in [1.29, 1.82) is 0 Å². The largest absolute Gasteiger partial charge is 0.245 e. The quantitative estimate of drug-likeness (QED) is 0.550. The first kappa shape index (κ1) is 8.44. The van der Waals surface area contributed by atoms with Crippen LogP contribution in [0, 0.1) is 11.3 Å². The van der Waals surface area contributed by atoms with E-state index in [9.17, 15) is 8.78 Å². The standard InChI is InChI=1S/C9H12F2/c1-9(2)6-4-3-5-7(9)8(10)11/h3-8H,1-2H3. The van der Waals surface area contributed by atoms with Crippen LogP contribution in [-0.2, 0) is 0 Å². The van der Waals surface area contributed by atoms with Crippen LogP contribution in [0.25, 0.3) is 0 Å². The number of hydrogen-bond donors (Lipinski definition) is 0. The van der Waals surface area contributed by atoms with Crippen molar-refractivity contribution >= 4 is 0 Å². The summed E-state index contributed by atoms with van der Waals surface area (Å²) in [6.45, 7) is 3.65. The molecule has 0 heterocycles. The molecule has 0 aromatic heterocycles. The fourth-order valence-corrected chi connectivity index (χ4v) is 1.26. The van der Waals surface area contributed by atoms with E-state index in [0.29, 0.717) is 0 Å². The van der Waals surface area contributed by atoms with Crippen molar-refractivity contribution < 1.29 is 8.78 Å². The summed E-state index contributed by atoms with van der Waals surface area (Å²) in [4.78, 5) is 0. The molecule has 1 rings (SSSR count). The van der Waals surface area contributed by atoms with Gasteiger partial charge >= 0.3 is 0 Å². The molecule has 0 nitrogen and oxygen atoms in total. The number of allylic oxidation sites excluding steroid dienone is 4. The smallest absolute Gasteiger partial charge is 0.210 e. The van der Waals surface area contributed by atoms with Crippen molar-refractivity contribution in [2.24, 2.45) is 11.3 Å². The Morgan fingerprint density at radius 2 is 1.91 bits per heavy atom. The van der Waals surface area contributed by atoms with Gasteiger partial charge in [-0.2, -0.15) is 0 Å². The molecule has 1 aliphatic carbocycles. The highest BCUT2D eigenvalue weighted by Crippen LogP contribution is 2.36. The molecule has 0 aliphatic heterocycles. The highest BCUT2D eigenvalue weighted by atomic mass is 19.3. The second kappa shape index (κ2) is 2.76. The van der Waals surface area contributed by atoms with Crippen LogP contribution in [0.1, 0.15) is 13.8 Å². The van der Waals surface area contributed by atoms with Crippen molar-refractivity contribution in [2.75, 3.05) is 0 Å². The Morgan fingerprint density at radius 3 is 2.27 bits per heavy atom. The third kappa shape index (κ3) is 1.67. The first-order chi connectivity index (χ1) is 5.04. The molecule has 1 aliphatic rings. The molecule has 0 aromatic rings. The van der Waals surface area contributed by atoms with E-state index in [1.165, 1.54) is 0 Å². The van der Waals surface area contributed by atoms with E-state index in [4.69, 9.17) is 0 Å². The molecule has 0 radical (unpaired) electrons. The minimum absolute atomic E-state index is 0.400. The number of alkyl halides is 2. The Morgan fingerprint density at radius 1 is 1.27 bits per heavy atom. The summed E-state index contributed by atoms with van der Waals surface area (Å²) in [5, 5.41) is 0. The predicted octanol–water partition coefficient (Wildman–Crippen LogP) is 3.02. The fraction of sp³-hybridized carbons (Fsp3) is 0.556. The van der Waals surface area contributed by atoms with Crippen molar-refractivity contribution in [3.05, 3.63) is 24.3 Å². The van der Waals surface area contributed by atoms with Crippen LogP contribution < -0.4 is 0 Å². The summed E-state index contributed by atoms with van der Waals surface area (Å²) in [5.74, 6) is -0.632. The van der Waals surface area contributed by atoms with Crippen LogP contribution in [0.2, 0.25) is 0 Å². The van der Waals surface area contributed by atoms with Crippen LogP contribution in [0.3, 0.4) is 0 Å². The third-order valence-corrected chi connectivity index (χ3v) is 2.09. The lowest BCUT2D eigenvalue weighted by atomic mass is 9.76. The fourth-order valence-electron chi connectivity index (χ4n) is 1.26. The molecule has 0 bridgehead atoms. The Hall–Kier alpha value is -0.660. The second-order valence-electron chi connectivity index (χ2n) is 3.43. The van der Waals surface area contributed by atoms with E-state index in [1.807, 2.05) is 26.0 Å². The highest BCUT2D eigenvalue weighted by Gasteiger charge is 2.33. The van der Waals surface area contributed by atoms with Gasteiger partial charge < -0.3 is 0 Å². The summed E-state index contributed by atoms with van der Waals surface area (Å²) < 4.78 is 24.7. The molecule has 0 aromatic carbocycles. The highest BCUT2D eigenvalue weighted by molar-refractivity contribution is 5.18. The Labute approximate surface area is 65.6 Å². The minimum atomic E-state index is -2.26. The molecule has 0 N–H and O–H groups in total. The zero-order valence-corrected chi connectivity index (χ0v) is 6.72. The molecular formula is C9H12F2. The first-order valence-electron chi connectivity index (χ1n) is 3.68. The van der Waals surface area contributed by atoms with Crippen LogP contribution in [0.5, 0.6) is 0 Å². The molecule has 1 unspecified atom stereocenters. The van der Waals surface area contributed by atoms with Gasteiger partial charge in [-0.15, -0.1) is 0 Å². The zero-order valence-electron chi connectivity index (χ0n) is 6.72. The molecule has 0 saturated heterocycles. The lowest BCUT2D eigenvalue weighted by Crippen LogP contribution is -2.27. The van der Waals surface area contributed by atoms with Gasteiger partial charge in [-0.1, -0.05) is 38.2 Å². The van der Waals surface area contributed by atoms with Crippen molar-refractivity contribution in [3.8, 4) is 0 Å². The van der Waals surface area contributed by atoms with Gasteiger partial charge in [-0.05, 0) is 5.41 Å². The lowest BCUT2D eigenvalue weighted by molar-refractivity contribution is 0.0543. The monoisotopic (exact) mass is 158 g/mol. The molecule has 62 valence electrons. The second-order valence-corrected chi connectivity index (χ2v) is 3.43. The number of hydrogen-bond acceptors (Lipinski definition) is 0. The number of halogens is 2. The summed E-state index contributed by atoms with van der Waals surface area (Å²) in [6.07, 6.45) is 4.64. The van der Waals surface area contributed by atoms with Crippen molar-refractivity contribution in [2.45, 2.75) is 20.3 Å². The number of rotatable bonds is 1. The van der Waals surface area contributed by atoms with Gasteiger partial charge in [-0.25, -0.2) is 8.78 Å². The van der Waals surface area contributed by atoms with Gasteiger partial charge in [0.05, 0.1) is 0 Å². The molecule has 0 saturated carbocycles. The van der Waals surface area contributed by atoms with Crippen LogP contribution in [0.15, 0.2) is 24.3 Å². The predicted molar refractivity (Wildman–Crippen MR) is 41.6 cm³/mol. The van der Waals surface area contributed by atoms with E-state index in [-0.39, 0.29) is 0 Å². The first-order valence-corrected chi connectivity index (χ1v) is 3.68. The summed E-state index contributed by atoms with van der Waals surface area (Å²) in [6, 6.07) is 0. The Balaban J connectivity index is 2.80. The lowest BCUT2D eigenvalue weighted by Gasteiger charge is -2.30. The van der Waals surface area contributed by atoms with Crippen molar-refractivity contribution in [1.82, 2.24) is 0 Å². The maximum atomic E-state index is 12.3. The molecular weight excluding hydrogens is 146 g/mol. The molecule has 0 fully saturated rings. The van der Waals surface area contributed by atoms with Crippen LogP contribution >= 0.6 is 0 Å². The third-order valence-electron chi connectivity index (χ3n) is 2.09. The summed E-state index contributed by atoms with van der Waals surface area (Å²) in [7, 11) is 0. The normalized spacial score (nSPS) is 27.9.